The van der Waals surface area contributed by atoms with Crippen molar-refractivity contribution in [3.8, 4) is 5.75 Å². The van der Waals surface area contributed by atoms with Crippen molar-refractivity contribution in [3.05, 3.63) is 29.3 Å². The molecule has 0 fully saturated rings. The van der Waals surface area contributed by atoms with Gasteiger partial charge in [-0.3, -0.25) is 0 Å². The first kappa shape index (κ1) is 15.7. The summed E-state index contributed by atoms with van der Waals surface area (Å²) < 4.78 is 5.20. The molecule has 0 aromatic heterocycles. The lowest BCUT2D eigenvalue weighted by Crippen LogP contribution is -2.35. The molecule has 0 aliphatic rings. The van der Waals surface area contributed by atoms with E-state index in [1.165, 1.54) is 0 Å². The van der Waals surface area contributed by atoms with Gasteiger partial charge >= 0.3 is 6.03 Å². The fraction of sp³-hybridized carbons (Fsp3) is 0.500. The van der Waals surface area contributed by atoms with Crippen molar-refractivity contribution in [2.45, 2.75) is 19.9 Å². The summed E-state index contributed by atoms with van der Waals surface area (Å²) in [4.78, 5) is 11.6. The zero-order chi connectivity index (χ0) is 14.1. The summed E-state index contributed by atoms with van der Waals surface area (Å²) in [5.41, 5.74) is 2.16. The third-order valence-electron chi connectivity index (χ3n) is 2.61. The van der Waals surface area contributed by atoms with Gasteiger partial charge in [0.2, 0.25) is 0 Å². The highest BCUT2D eigenvalue weighted by atomic mass is 32.2. The van der Waals surface area contributed by atoms with Crippen molar-refractivity contribution >= 4 is 17.8 Å². The van der Waals surface area contributed by atoms with E-state index in [1.807, 2.05) is 25.1 Å². The predicted octanol–water partition coefficient (Wildman–Crippen LogP) is 2.56. The maximum atomic E-state index is 11.6. The number of urea groups is 1. The lowest BCUT2D eigenvalue weighted by atomic mass is 10.1. The maximum absolute atomic E-state index is 11.6. The number of methoxy groups -OCH3 is 1. The first-order chi connectivity index (χ1) is 9.15. The standard InChI is InChI=1S/C14H22N2O2S/c1-11-7-12(9-13(8-11)18-2)10-16-14(17)15-5-4-6-19-3/h7-9H,4-6,10H2,1-3H3,(H2,15,16,17). The number of carbonyl (C=O) groups excluding carboxylic acids is 1. The van der Waals surface area contributed by atoms with Crippen molar-refractivity contribution in [2.24, 2.45) is 0 Å². The van der Waals surface area contributed by atoms with Gasteiger partial charge in [-0.15, -0.1) is 0 Å². The van der Waals surface area contributed by atoms with Crippen LogP contribution in [0.5, 0.6) is 5.75 Å². The molecule has 106 valence electrons. The smallest absolute Gasteiger partial charge is 0.315 e. The molecular formula is C14H22N2O2S. The van der Waals surface area contributed by atoms with Gasteiger partial charge in [0.1, 0.15) is 5.75 Å². The summed E-state index contributed by atoms with van der Waals surface area (Å²) in [6.45, 7) is 3.23. The minimum absolute atomic E-state index is 0.124. The summed E-state index contributed by atoms with van der Waals surface area (Å²) in [5, 5.41) is 5.68. The molecular weight excluding hydrogens is 260 g/mol. The van der Waals surface area contributed by atoms with Crippen LogP contribution in [0.3, 0.4) is 0 Å². The number of rotatable bonds is 7. The Morgan fingerprint density at radius 2 is 2.11 bits per heavy atom. The Hall–Kier alpha value is -1.36. The van der Waals surface area contributed by atoms with Gasteiger partial charge in [-0.2, -0.15) is 11.8 Å². The van der Waals surface area contributed by atoms with Crippen LogP contribution in [0.4, 0.5) is 4.79 Å². The van der Waals surface area contributed by atoms with Crippen LogP contribution in [0, 0.1) is 6.92 Å². The zero-order valence-electron chi connectivity index (χ0n) is 11.8. The molecule has 0 atom stereocenters. The number of carbonyl (C=O) groups is 1. The van der Waals surface area contributed by atoms with Crippen molar-refractivity contribution in [1.82, 2.24) is 10.6 Å². The number of amides is 2. The predicted molar refractivity (Wildman–Crippen MR) is 81.0 cm³/mol. The molecule has 0 radical (unpaired) electrons. The molecule has 0 saturated carbocycles. The van der Waals surface area contributed by atoms with Crippen LogP contribution in [-0.2, 0) is 6.54 Å². The Morgan fingerprint density at radius 1 is 1.32 bits per heavy atom. The second-order valence-corrected chi connectivity index (χ2v) is 5.30. The Morgan fingerprint density at radius 3 is 2.79 bits per heavy atom. The van der Waals surface area contributed by atoms with E-state index < -0.39 is 0 Å². The van der Waals surface area contributed by atoms with Gasteiger partial charge in [-0.05, 0) is 48.6 Å². The molecule has 4 nitrogen and oxygen atoms in total. The largest absolute Gasteiger partial charge is 0.497 e. The second-order valence-electron chi connectivity index (χ2n) is 4.31. The van der Waals surface area contributed by atoms with E-state index in [0.29, 0.717) is 13.1 Å². The lowest BCUT2D eigenvalue weighted by molar-refractivity contribution is 0.240. The van der Waals surface area contributed by atoms with Gasteiger partial charge in [-0.25, -0.2) is 4.79 Å². The topological polar surface area (TPSA) is 50.4 Å². The summed E-state index contributed by atoms with van der Waals surface area (Å²) in [5.74, 6) is 1.88. The van der Waals surface area contributed by atoms with Crippen LogP contribution in [0.1, 0.15) is 17.5 Å². The van der Waals surface area contributed by atoms with Crippen LogP contribution in [0.25, 0.3) is 0 Å². The Balaban J connectivity index is 2.35. The number of aryl methyl sites for hydroxylation is 1. The van der Waals surface area contributed by atoms with E-state index in [2.05, 4.69) is 16.9 Å². The first-order valence-electron chi connectivity index (χ1n) is 6.31. The van der Waals surface area contributed by atoms with Crippen LogP contribution in [0.15, 0.2) is 18.2 Å². The summed E-state index contributed by atoms with van der Waals surface area (Å²) >= 11 is 1.78. The highest BCUT2D eigenvalue weighted by Crippen LogP contribution is 2.16. The lowest BCUT2D eigenvalue weighted by Gasteiger charge is -2.09. The molecule has 2 N–H and O–H groups in total. The number of hydrogen-bond donors (Lipinski definition) is 2. The molecule has 1 aromatic carbocycles. The van der Waals surface area contributed by atoms with Crippen LogP contribution in [-0.4, -0.2) is 31.7 Å². The Kier molecular flexibility index (Phi) is 7.18. The third-order valence-corrected chi connectivity index (χ3v) is 3.31. The number of hydrogen-bond acceptors (Lipinski definition) is 3. The minimum atomic E-state index is -0.124. The molecule has 1 rings (SSSR count). The first-order valence-corrected chi connectivity index (χ1v) is 7.70. The Labute approximate surface area is 119 Å². The van der Waals surface area contributed by atoms with Gasteiger partial charge < -0.3 is 15.4 Å². The van der Waals surface area contributed by atoms with Crippen molar-refractivity contribution in [2.75, 3.05) is 25.7 Å². The number of thioether (sulfide) groups is 1. The Bertz CT molecular complexity index is 410. The molecule has 0 bridgehead atoms. The summed E-state index contributed by atoms with van der Waals surface area (Å²) in [7, 11) is 1.64. The van der Waals surface area contributed by atoms with E-state index in [9.17, 15) is 4.79 Å². The molecule has 0 heterocycles. The van der Waals surface area contributed by atoms with Gasteiger partial charge in [0.05, 0.1) is 7.11 Å². The maximum Gasteiger partial charge on any atom is 0.315 e. The fourth-order valence-electron chi connectivity index (χ4n) is 1.71. The van der Waals surface area contributed by atoms with Crippen LogP contribution < -0.4 is 15.4 Å². The monoisotopic (exact) mass is 282 g/mol. The van der Waals surface area contributed by atoms with E-state index in [0.717, 1.165) is 29.1 Å². The van der Waals surface area contributed by atoms with Gasteiger partial charge in [0.15, 0.2) is 0 Å². The number of benzene rings is 1. The van der Waals surface area contributed by atoms with Crippen LogP contribution in [0.2, 0.25) is 0 Å². The highest BCUT2D eigenvalue weighted by Gasteiger charge is 2.02. The zero-order valence-corrected chi connectivity index (χ0v) is 12.6. The van der Waals surface area contributed by atoms with Crippen molar-refractivity contribution in [1.29, 1.82) is 0 Å². The summed E-state index contributed by atoms with van der Waals surface area (Å²) in [6.07, 6.45) is 3.05. The van der Waals surface area contributed by atoms with Gasteiger partial charge in [0, 0.05) is 13.1 Å². The van der Waals surface area contributed by atoms with Gasteiger partial charge in [-0.1, -0.05) is 6.07 Å². The minimum Gasteiger partial charge on any atom is -0.497 e. The average Bonchev–Trinajstić information content (AvgIpc) is 2.40. The molecule has 0 spiro atoms. The van der Waals surface area contributed by atoms with Gasteiger partial charge in [0.25, 0.3) is 0 Å². The molecule has 2 amide bonds. The van der Waals surface area contributed by atoms with Crippen molar-refractivity contribution in [3.63, 3.8) is 0 Å². The highest BCUT2D eigenvalue weighted by molar-refractivity contribution is 7.98. The second kappa shape index (κ2) is 8.69. The SMILES string of the molecule is COc1cc(C)cc(CNC(=O)NCCCSC)c1. The number of ether oxygens (including phenoxy) is 1. The average molecular weight is 282 g/mol. The number of nitrogens with one attached hydrogen (secondary N) is 2. The third kappa shape index (κ3) is 6.38. The molecule has 0 saturated heterocycles. The quantitative estimate of drug-likeness (QED) is 0.756. The van der Waals surface area contributed by atoms with E-state index >= 15 is 0 Å². The molecule has 19 heavy (non-hydrogen) atoms. The normalized spacial score (nSPS) is 10.1. The molecule has 0 aliphatic carbocycles. The fourth-order valence-corrected chi connectivity index (χ4v) is 2.14. The molecule has 1 aromatic rings. The van der Waals surface area contributed by atoms with E-state index in [4.69, 9.17) is 4.74 Å². The van der Waals surface area contributed by atoms with E-state index in [-0.39, 0.29) is 6.03 Å². The molecule has 0 aliphatic heterocycles. The van der Waals surface area contributed by atoms with Crippen molar-refractivity contribution < 1.29 is 9.53 Å². The molecule has 0 unspecified atom stereocenters. The van der Waals surface area contributed by atoms with E-state index in [1.54, 1.807) is 18.9 Å². The summed E-state index contributed by atoms with van der Waals surface area (Å²) in [6, 6.07) is 5.81. The molecule has 5 heteroatoms. The van der Waals surface area contributed by atoms with Crippen LogP contribution >= 0.6 is 11.8 Å².